The number of rotatable bonds is 4. The van der Waals surface area contributed by atoms with Gasteiger partial charge in [-0.1, -0.05) is 30.0 Å². The molecular formula is C20H16F3NO3. The topological polar surface area (TPSA) is 55.4 Å². The summed E-state index contributed by atoms with van der Waals surface area (Å²) in [4.78, 5) is 23.2. The first kappa shape index (κ1) is 20.0. The molecule has 4 nitrogen and oxygen atoms in total. The van der Waals surface area contributed by atoms with E-state index in [0.717, 1.165) is 12.1 Å². The Morgan fingerprint density at radius 3 is 2.52 bits per heavy atom. The maximum Gasteiger partial charge on any atom is 0.416 e. The van der Waals surface area contributed by atoms with Crippen LogP contribution in [0.4, 0.5) is 18.9 Å². The molecule has 0 saturated carbocycles. The molecule has 1 amide bonds. The van der Waals surface area contributed by atoms with Crippen molar-refractivity contribution in [1.29, 1.82) is 0 Å². The van der Waals surface area contributed by atoms with Crippen LogP contribution in [0.5, 0.6) is 0 Å². The fourth-order valence-corrected chi connectivity index (χ4v) is 2.15. The number of nitrogens with one attached hydrogen (secondary N) is 1. The molecule has 2 aromatic rings. The zero-order chi connectivity index (χ0) is 19.9. The van der Waals surface area contributed by atoms with Crippen LogP contribution in [0.1, 0.15) is 30.0 Å². The van der Waals surface area contributed by atoms with Gasteiger partial charge in [0.1, 0.15) is 6.42 Å². The lowest BCUT2D eigenvalue weighted by Crippen LogP contribution is -2.18. The Kier molecular flexibility index (Phi) is 6.61. The molecule has 0 spiro atoms. The minimum atomic E-state index is -4.45. The first-order valence-electron chi connectivity index (χ1n) is 8.03. The van der Waals surface area contributed by atoms with E-state index < -0.39 is 30.0 Å². The van der Waals surface area contributed by atoms with Crippen LogP contribution in [-0.4, -0.2) is 18.5 Å². The number of carbonyl (C=O) groups is 2. The third-order valence-corrected chi connectivity index (χ3v) is 3.34. The number of para-hydroxylation sites is 1. The quantitative estimate of drug-likeness (QED) is 0.499. The van der Waals surface area contributed by atoms with Crippen molar-refractivity contribution in [2.24, 2.45) is 0 Å². The normalized spacial score (nSPS) is 10.5. The van der Waals surface area contributed by atoms with Crippen LogP contribution in [0.25, 0.3) is 0 Å². The fraction of sp³-hybridized carbons (Fsp3) is 0.200. The van der Waals surface area contributed by atoms with E-state index in [9.17, 15) is 22.8 Å². The number of halogens is 3. The lowest BCUT2D eigenvalue weighted by atomic mass is 10.1. The van der Waals surface area contributed by atoms with Gasteiger partial charge in [-0.15, -0.1) is 0 Å². The molecule has 0 bridgehead atoms. The van der Waals surface area contributed by atoms with E-state index in [0.29, 0.717) is 11.3 Å². The molecule has 0 unspecified atom stereocenters. The van der Waals surface area contributed by atoms with Gasteiger partial charge < -0.3 is 10.1 Å². The van der Waals surface area contributed by atoms with E-state index in [1.165, 1.54) is 12.1 Å². The number of alkyl halides is 3. The molecule has 0 fully saturated rings. The predicted octanol–water partition coefficient (Wildman–Crippen LogP) is 4.00. The van der Waals surface area contributed by atoms with Gasteiger partial charge in [-0.25, -0.2) is 0 Å². The highest BCUT2D eigenvalue weighted by atomic mass is 19.4. The van der Waals surface area contributed by atoms with Gasteiger partial charge in [0.15, 0.2) is 0 Å². The highest BCUT2D eigenvalue weighted by Gasteiger charge is 2.30. The number of hydrogen-bond acceptors (Lipinski definition) is 3. The molecule has 0 heterocycles. The van der Waals surface area contributed by atoms with Crippen LogP contribution >= 0.6 is 0 Å². The monoisotopic (exact) mass is 375 g/mol. The summed E-state index contributed by atoms with van der Waals surface area (Å²) in [5, 5.41) is 2.55. The third-order valence-electron chi connectivity index (χ3n) is 3.34. The molecule has 0 saturated heterocycles. The summed E-state index contributed by atoms with van der Waals surface area (Å²) in [5.74, 6) is 4.18. The van der Waals surface area contributed by atoms with Gasteiger partial charge in [-0.2, -0.15) is 13.2 Å². The molecule has 0 aromatic heterocycles. The Labute approximate surface area is 154 Å². The van der Waals surface area contributed by atoms with Gasteiger partial charge in [0.2, 0.25) is 5.91 Å². The third kappa shape index (κ3) is 6.19. The van der Waals surface area contributed by atoms with Crippen molar-refractivity contribution in [2.75, 3.05) is 11.9 Å². The molecule has 7 heteroatoms. The van der Waals surface area contributed by atoms with Crippen molar-refractivity contribution in [3.8, 4) is 11.8 Å². The van der Waals surface area contributed by atoms with Crippen molar-refractivity contribution in [3.05, 3.63) is 65.2 Å². The average molecular weight is 375 g/mol. The molecule has 0 aliphatic heterocycles. The van der Waals surface area contributed by atoms with Crippen LogP contribution in [0.2, 0.25) is 0 Å². The number of esters is 1. The Morgan fingerprint density at radius 1 is 1.07 bits per heavy atom. The van der Waals surface area contributed by atoms with Crippen molar-refractivity contribution in [2.45, 2.75) is 19.5 Å². The molecule has 0 aliphatic carbocycles. The van der Waals surface area contributed by atoms with Gasteiger partial charge in [0.05, 0.1) is 17.9 Å². The smallest absolute Gasteiger partial charge is 0.416 e. The molecule has 0 radical (unpaired) electrons. The number of benzene rings is 2. The van der Waals surface area contributed by atoms with Crippen molar-refractivity contribution in [3.63, 3.8) is 0 Å². The first-order valence-corrected chi connectivity index (χ1v) is 8.03. The summed E-state index contributed by atoms with van der Waals surface area (Å²) >= 11 is 0. The van der Waals surface area contributed by atoms with Gasteiger partial charge in [-0.3, -0.25) is 9.59 Å². The van der Waals surface area contributed by atoms with Crippen molar-refractivity contribution in [1.82, 2.24) is 0 Å². The zero-order valence-corrected chi connectivity index (χ0v) is 14.4. The number of anilines is 1. The van der Waals surface area contributed by atoms with Crippen LogP contribution < -0.4 is 5.32 Å². The summed E-state index contributed by atoms with van der Waals surface area (Å²) < 4.78 is 43.0. The van der Waals surface area contributed by atoms with E-state index in [2.05, 4.69) is 17.2 Å². The zero-order valence-electron chi connectivity index (χ0n) is 14.4. The van der Waals surface area contributed by atoms with Gasteiger partial charge in [0.25, 0.3) is 0 Å². The van der Waals surface area contributed by atoms with E-state index >= 15 is 0 Å². The van der Waals surface area contributed by atoms with Crippen molar-refractivity contribution >= 4 is 17.6 Å². The van der Waals surface area contributed by atoms with Crippen LogP contribution in [0, 0.1) is 11.8 Å². The largest absolute Gasteiger partial charge is 0.466 e. The highest BCUT2D eigenvalue weighted by Crippen LogP contribution is 2.29. The number of ether oxygens (including phenoxy) is 1. The second kappa shape index (κ2) is 8.90. The van der Waals surface area contributed by atoms with Crippen LogP contribution in [0.15, 0.2) is 48.5 Å². The standard InChI is InChI=1S/C20H16F3NO3/c1-2-27-19(26)13-18(25)24-17-9-4-3-7-15(17)11-10-14-6-5-8-16(12-14)20(21,22)23/h3-9,12H,2,13H2,1H3,(H,24,25). The second-order valence-electron chi connectivity index (χ2n) is 5.40. The molecule has 2 rings (SSSR count). The van der Waals surface area contributed by atoms with Gasteiger partial charge >= 0.3 is 12.1 Å². The number of hydrogen-bond donors (Lipinski definition) is 1. The lowest BCUT2D eigenvalue weighted by Gasteiger charge is -2.07. The lowest BCUT2D eigenvalue weighted by molar-refractivity contribution is -0.145. The summed E-state index contributed by atoms with van der Waals surface area (Å²) in [6.07, 6.45) is -4.89. The van der Waals surface area contributed by atoms with E-state index in [1.807, 2.05) is 0 Å². The number of carbonyl (C=O) groups excluding carboxylic acids is 2. The SMILES string of the molecule is CCOC(=O)CC(=O)Nc1ccccc1C#Cc1cccc(C(F)(F)F)c1. The van der Waals surface area contributed by atoms with Crippen LogP contribution in [-0.2, 0) is 20.5 Å². The van der Waals surface area contributed by atoms with Gasteiger partial charge in [0, 0.05) is 11.1 Å². The maximum atomic E-state index is 12.8. The van der Waals surface area contributed by atoms with E-state index in [4.69, 9.17) is 4.74 Å². The highest BCUT2D eigenvalue weighted by molar-refractivity contribution is 6.02. The number of amides is 1. The van der Waals surface area contributed by atoms with Crippen molar-refractivity contribution < 1.29 is 27.5 Å². The molecule has 27 heavy (non-hydrogen) atoms. The summed E-state index contributed by atoms with van der Waals surface area (Å²) in [7, 11) is 0. The predicted molar refractivity (Wildman–Crippen MR) is 93.7 cm³/mol. The van der Waals surface area contributed by atoms with E-state index in [1.54, 1.807) is 31.2 Å². The second-order valence-corrected chi connectivity index (χ2v) is 5.40. The summed E-state index contributed by atoms with van der Waals surface area (Å²) in [6, 6.07) is 11.2. The van der Waals surface area contributed by atoms with Crippen LogP contribution in [0.3, 0.4) is 0 Å². The molecule has 140 valence electrons. The fourth-order valence-electron chi connectivity index (χ4n) is 2.15. The first-order chi connectivity index (χ1) is 12.8. The summed E-state index contributed by atoms with van der Waals surface area (Å²) in [5.41, 5.74) is 0.168. The minimum absolute atomic E-state index is 0.172. The Morgan fingerprint density at radius 2 is 1.81 bits per heavy atom. The van der Waals surface area contributed by atoms with E-state index in [-0.39, 0.29) is 12.2 Å². The molecule has 2 aromatic carbocycles. The molecular weight excluding hydrogens is 359 g/mol. The maximum absolute atomic E-state index is 12.8. The Hall–Kier alpha value is -3.27. The average Bonchev–Trinajstić information content (AvgIpc) is 2.60. The summed E-state index contributed by atoms with van der Waals surface area (Å²) in [6.45, 7) is 1.81. The molecule has 1 N–H and O–H groups in total. The molecule has 0 atom stereocenters. The minimum Gasteiger partial charge on any atom is -0.466 e. The van der Waals surface area contributed by atoms with Gasteiger partial charge in [-0.05, 0) is 37.3 Å². The molecule has 0 aliphatic rings. The Balaban J connectivity index is 2.19. The Bertz CT molecular complexity index is 895.